The van der Waals surface area contributed by atoms with Crippen LogP contribution in [0.2, 0.25) is 0 Å². The maximum atomic E-state index is 13.1. The lowest BCUT2D eigenvalue weighted by molar-refractivity contribution is -0.00341. The predicted molar refractivity (Wildman–Crippen MR) is 72.4 cm³/mol. The molecule has 18 heavy (non-hydrogen) atoms. The van der Waals surface area contributed by atoms with Gasteiger partial charge in [0.15, 0.2) is 0 Å². The lowest BCUT2D eigenvalue weighted by atomic mass is 9.89. The molecule has 0 saturated heterocycles. The molecule has 2 N–H and O–H groups in total. The van der Waals surface area contributed by atoms with Crippen LogP contribution in [0, 0.1) is 5.92 Å². The summed E-state index contributed by atoms with van der Waals surface area (Å²) in [7, 11) is 0. The standard InChI is InChI=1S/C15H20FNO/c1-11(2)8-15(18,10-16)9-13-7-12-5-3-4-6-14(12)17-13/h3-7,11,17-18H,8-10H2,1-2H3. The van der Waals surface area contributed by atoms with Crippen molar-refractivity contribution in [3.63, 3.8) is 0 Å². The van der Waals surface area contributed by atoms with Crippen LogP contribution in [0.15, 0.2) is 30.3 Å². The normalized spacial score (nSPS) is 15.2. The SMILES string of the molecule is CC(C)CC(O)(CF)Cc1cc2ccccc2[nH]1. The predicted octanol–water partition coefficient (Wildman–Crippen LogP) is 3.46. The van der Waals surface area contributed by atoms with Crippen LogP contribution >= 0.6 is 0 Å². The first-order valence-corrected chi connectivity index (χ1v) is 6.37. The molecule has 98 valence electrons. The van der Waals surface area contributed by atoms with Crippen LogP contribution in [0.5, 0.6) is 0 Å². The summed E-state index contributed by atoms with van der Waals surface area (Å²) in [6.07, 6.45) is 0.801. The number of aliphatic hydroxyl groups is 1. The van der Waals surface area contributed by atoms with Crippen LogP contribution in [0.4, 0.5) is 4.39 Å². The molecule has 1 aromatic heterocycles. The maximum absolute atomic E-state index is 13.1. The van der Waals surface area contributed by atoms with Crippen LogP contribution in [-0.2, 0) is 6.42 Å². The third-order valence-electron chi connectivity index (χ3n) is 3.14. The van der Waals surface area contributed by atoms with Crippen molar-refractivity contribution in [2.45, 2.75) is 32.3 Å². The molecular formula is C15H20FNO. The van der Waals surface area contributed by atoms with E-state index in [1.54, 1.807) is 0 Å². The number of alkyl halides is 1. The van der Waals surface area contributed by atoms with Gasteiger partial charge in [-0.1, -0.05) is 32.0 Å². The van der Waals surface area contributed by atoms with Crippen LogP contribution in [0.3, 0.4) is 0 Å². The van der Waals surface area contributed by atoms with Crippen LogP contribution in [0.1, 0.15) is 26.0 Å². The van der Waals surface area contributed by atoms with E-state index in [2.05, 4.69) is 4.98 Å². The van der Waals surface area contributed by atoms with Crippen LogP contribution < -0.4 is 0 Å². The summed E-state index contributed by atoms with van der Waals surface area (Å²) in [4.78, 5) is 3.23. The number of hydrogen-bond donors (Lipinski definition) is 2. The molecule has 0 spiro atoms. The number of aromatic nitrogens is 1. The number of para-hydroxylation sites is 1. The first kappa shape index (κ1) is 13.1. The molecular weight excluding hydrogens is 229 g/mol. The van der Waals surface area contributed by atoms with E-state index in [0.29, 0.717) is 12.8 Å². The Morgan fingerprint density at radius 3 is 2.67 bits per heavy atom. The Balaban J connectivity index is 2.21. The molecule has 2 rings (SSSR count). The van der Waals surface area contributed by atoms with Gasteiger partial charge in [-0.05, 0) is 29.9 Å². The molecule has 3 heteroatoms. The summed E-state index contributed by atoms with van der Waals surface area (Å²) < 4.78 is 13.1. The monoisotopic (exact) mass is 249 g/mol. The molecule has 0 bridgehead atoms. The summed E-state index contributed by atoms with van der Waals surface area (Å²) in [6, 6.07) is 9.89. The van der Waals surface area contributed by atoms with E-state index in [9.17, 15) is 9.50 Å². The molecule has 2 aromatic rings. The molecule has 0 fully saturated rings. The average molecular weight is 249 g/mol. The molecule has 1 aromatic carbocycles. The smallest absolute Gasteiger partial charge is 0.118 e. The highest BCUT2D eigenvalue weighted by Gasteiger charge is 2.29. The van der Waals surface area contributed by atoms with E-state index in [1.807, 2.05) is 44.2 Å². The van der Waals surface area contributed by atoms with Crippen LogP contribution in [-0.4, -0.2) is 22.4 Å². The van der Waals surface area contributed by atoms with Crippen molar-refractivity contribution in [2.24, 2.45) is 5.92 Å². The highest BCUT2D eigenvalue weighted by atomic mass is 19.1. The summed E-state index contributed by atoms with van der Waals surface area (Å²) in [5.41, 5.74) is 0.657. The van der Waals surface area contributed by atoms with Gasteiger partial charge in [0.1, 0.15) is 6.67 Å². The number of hydrogen-bond acceptors (Lipinski definition) is 1. The van der Waals surface area contributed by atoms with Crippen molar-refractivity contribution in [3.8, 4) is 0 Å². The fourth-order valence-electron chi connectivity index (χ4n) is 2.52. The highest BCUT2D eigenvalue weighted by molar-refractivity contribution is 5.80. The highest BCUT2D eigenvalue weighted by Crippen LogP contribution is 2.24. The van der Waals surface area contributed by atoms with Gasteiger partial charge in [-0.15, -0.1) is 0 Å². The Bertz CT molecular complexity index is 487. The minimum absolute atomic E-state index is 0.273. The van der Waals surface area contributed by atoms with Gasteiger partial charge in [-0.25, -0.2) is 4.39 Å². The second-order valence-electron chi connectivity index (χ2n) is 5.51. The molecule has 1 atom stereocenters. The average Bonchev–Trinajstić information content (AvgIpc) is 2.69. The Morgan fingerprint density at radius 2 is 2.06 bits per heavy atom. The van der Waals surface area contributed by atoms with E-state index in [4.69, 9.17) is 0 Å². The van der Waals surface area contributed by atoms with E-state index >= 15 is 0 Å². The zero-order valence-corrected chi connectivity index (χ0v) is 10.9. The quantitative estimate of drug-likeness (QED) is 0.836. The maximum Gasteiger partial charge on any atom is 0.118 e. The molecule has 1 heterocycles. The third-order valence-corrected chi connectivity index (χ3v) is 3.14. The van der Waals surface area contributed by atoms with E-state index < -0.39 is 12.3 Å². The molecule has 0 aliphatic rings. The second-order valence-corrected chi connectivity index (χ2v) is 5.51. The van der Waals surface area contributed by atoms with Crippen molar-refractivity contribution >= 4 is 10.9 Å². The van der Waals surface area contributed by atoms with Crippen LogP contribution in [0.25, 0.3) is 10.9 Å². The summed E-state index contributed by atoms with van der Waals surface area (Å²) >= 11 is 0. The number of fused-ring (bicyclic) bond motifs is 1. The summed E-state index contributed by atoms with van der Waals surface area (Å²) in [5, 5.41) is 11.4. The van der Waals surface area contributed by atoms with E-state index in [1.165, 1.54) is 0 Å². The lowest BCUT2D eigenvalue weighted by Crippen LogP contribution is -2.35. The Hall–Kier alpha value is -1.35. The van der Waals surface area contributed by atoms with E-state index in [0.717, 1.165) is 16.6 Å². The molecule has 0 radical (unpaired) electrons. The van der Waals surface area contributed by atoms with Crippen molar-refractivity contribution in [2.75, 3.05) is 6.67 Å². The van der Waals surface area contributed by atoms with Crippen molar-refractivity contribution < 1.29 is 9.50 Å². The molecule has 2 nitrogen and oxygen atoms in total. The molecule has 1 unspecified atom stereocenters. The Morgan fingerprint density at radius 1 is 1.33 bits per heavy atom. The molecule has 0 aliphatic heterocycles. The van der Waals surface area contributed by atoms with Crippen molar-refractivity contribution in [1.29, 1.82) is 0 Å². The van der Waals surface area contributed by atoms with Gasteiger partial charge in [0.05, 0.1) is 5.60 Å². The topological polar surface area (TPSA) is 36.0 Å². The van der Waals surface area contributed by atoms with Gasteiger partial charge in [-0.2, -0.15) is 0 Å². The van der Waals surface area contributed by atoms with Gasteiger partial charge in [0, 0.05) is 17.6 Å². The number of benzene rings is 1. The van der Waals surface area contributed by atoms with Crippen molar-refractivity contribution in [3.05, 3.63) is 36.0 Å². The van der Waals surface area contributed by atoms with Gasteiger partial charge in [0.25, 0.3) is 0 Å². The minimum atomic E-state index is -1.25. The zero-order valence-electron chi connectivity index (χ0n) is 10.9. The number of aromatic amines is 1. The number of nitrogens with one attached hydrogen (secondary N) is 1. The largest absolute Gasteiger partial charge is 0.387 e. The first-order valence-electron chi connectivity index (χ1n) is 6.37. The van der Waals surface area contributed by atoms with Crippen molar-refractivity contribution in [1.82, 2.24) is 4.98 Å². The fourth-order valence-corrected chi connectivity index (χ4v) is 2.52. The summed E-state index contributed by atoms with van der Waals surface area (Å²) in [6.45, 7) is 3.28. The molecule has 0 aliphatic carbocycles. The third kappa shape index (κ3) is 2.91. The first-order chi connectivity index (χ1) is 8.52. The Labute approximate surface area is 107 Å². The minimum Gasteiger partial charge on any atom is -0.387 e. The van der Waals surface area contributed by atoms with Gasteiger partial charge >= 0.3 is 0 Å². The van der Waals surface area contributed by atoms with E-state index in [-0.39, 0.29) is 5.92 Å². The van der Waals surface area contributed by atoms with Gasteiger partial charge < -0.3 is 10.1 Å². The number of halogens is 1. The van der Waals surface area contributed by atoms with Gasteiger partial charge in [0.2, 0.25) is 0 Å². The Kier molecular flexibility index (Phi) is 3.71. The number of H-pyrrole nitrogens is 1. The summed E-state index contributed by atoms with van der Waals surface area (Å²) in [5.74, 6) is 0.273. The molecule has 0 amide bonds. The fraction of sp³-hybridized carbons (Fsp3) is 0.467. The number of rotatable bonds is 5. The molecule has 0 saturated carbocycles. The van der Waals surface area contributed by atoms with Gasteiger partial charge in [-0.3, -0.25) is 0 Å². The second kappa shape index (κ2) is 5.11. The zero-order chi connectivity index (χ0) is 13.2. The lowest BCUT2D eigenvalue weighted by Gasteiger charge is -2.26.